The molecule has 160 valence electrons. The molecule has 2 nitrogen and oxygen atoms in total. The maximum Gasteiger partial charge on any atom is 0.248 e. The lowest BCUT2D eigenvalue weighted by Crippen LogP contribution is -2.46. The number of allylic oxidation sites excluding steroid dienone is 2. The summed E-state index contributed by atoms with van der Waals surface area (Å²) in [6.07, 6.45) is 10.1. The molecule has 0 bridgehead atoms. The van der Waals surface area contributed by atoms with Crippen molar-refractivity contribution in [3.8, 4) is 11.5 Å². The van der Waals surface area contributed by atoms with Crippen molar-refractivity contribution in [2.24, 2.45) is 5.92 Å². The molecule has 0 spiro atoms. The largest absolute Gasteiger partial charge is 0.543 e. The van der Waals surface area contributed by atoms with Crippen LogP contribution in [0.3, 0.4) is 0 Å². The van der Waals surface area contributed by atoms with Crippen LogP contribution >= 0.6 is 0 Å². The van der Waals surface area contributed by atoms with E-state index in [0.717, 1.165) is 43.2 Å². The van der Waals surface area contributed by atoms with Gasteiger partial charge in [-0.15, -0.1) is 6.58 Å². The molecule has 3 heteroatoms. The van der Waals surface area contributed by atoms with Gasteiger partial charge in [0.25, 0.3) is 0 Å². The van der Waals surface area contributed by atoms with Crippen LogP contribution in [0.4, 0.5) is 0 Å². The molecule has 2 unspecified atom stereocenters. The molecule has 2 aliphatic rings. The molecule has 0 radical (unpaired) electrons. The summed E-state index contributed by atoms with van der Waals surface area (Å²) >= 11 is 0. The van der Waals surface area contributed by atoms with Gasteiger partial charge in [0.15, 0.2) is 0 Å². The number of fused-ring (bicyclic) bond motifs is 3. The molecule has 1 heterocycles. The summed E-state index contributed by atoms with van der Waals surface area (Å²) in [6.45, 7) is 19.7. The minimum atomic E-state index is -1.87. The molecule has 0 N–H and O–H groups in total. The summed E-state index contributed by atoms with van der Waals surface area (Å²) in [6, 6.07) is 5.58. The van der Waals surface area contributed by atoms with Gasteiger partial charge in [0.1, 0.15) is 17.1 Å². The van der Waals surface area contributed by atoms with Crippen LogP contribution in [0.2, 0.25) is 19.1 Å². The standard InChI is InChI=1S/C26H40O2Si/c1-8-10-11-12-20-17-23-25(24(18-20)28-29(6,7)15-9-2)21-16-19(3)13-14-22(21)26(4,5)27-23/h9,17-18,21-22H,2-3,8,10-16H2,1,4-7H3. The third kappa shape index (κ3) is 4.99. The molecule has 29 heavy (non-hydrogen) atoms. The second-order valence-corrected chi connectivity index (χ2v) is 14.4. The summed E-state index contributed by atoms with van der Waals surface area (Å²) < 4.78 is 13.5. The van der Waals surface area contributed by atoms with Gasteiger partial charge in [0.05, 0.1) is 0 Å². The summed E-state index contributed by atoms with van der Waals surface area (Å²) in [5, 5.41) is 0. The normalized spacial score (nSPS) is 23.0. The van der Waals surface area contributed by atoms with Crippen LogP contribution in [0.5, 0.6) is 11.5 Å². The fourth-order valence-corrected chi connectivity index (χ4v) is 6.75. The molecule has 0 saturated heterocycles. The van der Waals surface area contributed by atoms with Gasteiger partial charge in [-0.25, -0.2) is 0 Å². The minimum absolute atomic E-state index is 0.147. The molecule has 1 fully saturated rings. The lowest BCUT2D eigenvalue weighted by Gasteiger charge is -2.48. The van der Waals surface area contributed by atoms with Gasteiger partial charge in [-0.3, -0.25) is 0 Å². The van der Waals surface area contributed by atoms with Gasteiger partial charge in [-0.05, 0) is 82.8 Å². The van der Waals surface area contributed by atoms with Crippen LogP contribution in [0.25, 0.3) is 0 Å². The second-order valence-electron chi connectivity index (χ2n) is 10.2. The molecule has 1 aromatic carbocycles. The van der Waals surface area contributed by atoms with Gasteiger partial charge in [0, 0.05) is 17.4 Å². The van der Waals surface area contributed by atoms with Crippen LogP contribution in [0.1, 0.15) is 76.3 Å². The first kappa shape index (κ1) is 22.2. The molecule has 1 saturated carbocycles. The molecule has 1 aromatic rings. The number of hydrogen-bond donors (Lipinski definition) is 0. The number of ether oxygens (including phenoxy) is 1. The Morgan fingerprint density at radius 2 is 2.03 bits per heavy atom. The average Bonchev–Trinajstić information content (AvgIpc) is 2.60. The number of unbranched alkanes of at least 4 members (excludes halogenated alkanes) is 2. The van der Waals surface area contributed by atoms with E-state index in [4.69, 9.17) is 9.16 Å². The Morgan fingerprint density at radius 3 is 2.72 bits per heavy atom. The summed E-state index contributed by atoms with van der Waals surface area (Å²) in [5.74, 6) is 3.09. The lowest BCUT2D eigenvalue weighted by molar-refractivity contribution is -0.000564. The monoisotopic (exact) mass is 412 g/mol. The van der Waals surface area contributed by atoms with Crippen molar-refractivity contribution in [3.05, 3.63) is 48.1 Å². The highest BCUT2D eigenvalue weighted by Gasteiger charge is 2.47. The summed E-state index contributed by atoms with van der Waals surface area (Å²) in [5.41, 5.74) is 3.88. The van der Waals surface area contributed by atoms with Crippen LogP contribution < -0.4 is 9.16 Å². The highest BCUT2D eigenvalue weighted by molar-refractivity contribution is 6.72. The second kappa shape index (κ2) is 8.71. The Hall–Kier alpha value is -1.48. The number of rotatable bonds is 8. The fraction of sp³-hybridized carbons (Fsp3) is 0.615. The van der Waals surface area contributed by atoms with Crippen LogP contribution in [0, 0.1) is 5.92 Å². The Morgan fingerprint density at radius 1 is 1.28 bits per heavy atom. The molecule has 1 aliphatic heterocycles. The number of benzene rings is 1. The SMILES string of the molecule is C=CC[Si](C)(C)Oc1cc(CCCCC)cc2c1C1CC(=C)CCC1C(C)(C)O2. The van der Waals surface area contributed by atoms with Gasteiger partial charge in [-0.1, -0.05) is 38.0 Å². The predicted octanol–water partition coefficient (Wildman–Crippen LogP) is 7.80. The molecular weight excluding hydrogens is 372 g/mol. The zero-order valence-corrected chi connectivity index (χ0v) is 20.3. The van der Waals surface area contributed by atoms with Crippen molar-refractivity contribution in [2.45, 2.75) is 96.4 Å². The Kier molecular flexibility index (Phi) is 6.67. The Bertz CT molecular complexity index is 762. The first-order valence-corrected chi connectivity index (χ1v) is 14.6. The zero-order valence-electron chi connectivity index (χ0n) is 19.3. The van der Waals surface area contributed by atoms with Crippen molar-refractivity contribution >= 4 is 8.32 Å². The van der Waals surface area contributed by atoms with E-state index in [1.165, 1.54) is 36.0 Å². The van der Waals surface area contributed by atoms with E-state index in [9.17, 15) is 0 Å². The molecule has 2 atom stereocenters. The van der Waals surface area contributed by atoms with Crippen molar-refractivity contribution < 1.29 is 9.16 Å². The Balaban J connectivity index is 2.06. The molecule has 1 aliphatic carbocycles. The topological polar surface area (TPSA) is 18.5 Å². The van der Waals surface area contributed by atoms with Crippen molar-refractivity contribution in [1.29, 1.82) is 0 Å². The van der Waals surface area contributed by atoms with Crippen molar-refractivity contribution in [3.63, 3.8) is 0 Å². The predicted molar refractivity (Wildman–Crippen MR) is 127 cm³/mol. The van der Waals surface area contributed by atoms with Crippen LogP contribution in [-0.2, 0) is 6.42 Å². The molecule has 0 amide bonds. The molecule has 3 rings (SSSR count). The third-order valence-corrected chi connectivity index (χ3v) is 8.74. The van der Waals surface area contributed by atoms with E-state index in [-0.39, 0.29) is 5.60 Å². The zero-order chi connectivity index (χ0) is 21.2. The van der Waals surface area contributed by atoms with E-state index in [2.05, 4.69) is 59.2 Å². The number of hydrogen-bond acceptors (Lipinski definition) is 2. The molecular formula is C26H40O2Si. The fourth-order valence-electron chi connectivity index (χ4n) is 5.21. The van der Waals surface area contributed by atoms with E-state index in [1.54, 1.807) is 0 Å². The maximum atomic E-state index is 6.80. The third-order valence-electron chi connectivity index (χ3n) is 6.70. The molecule has 0 aromatic heterocycles. The highest BCUT2D eigenvalue weighted by Crippen LogP contribution is 2.55. The lowest BCUT2D eigenvalue weighted by atomic mass is 9.65. The van der Waals surface area contributed by atoms with Gasteiger partial charge in [-0.2, -0.15) is 0 Å². The van der Waals surface area contributed by atoms with Crippen LogP contribution in [-0.4, -0.2) is 13.9 Å². The van der Waals surface area contributed by atoms with Gasteiger partial charge in [0.2, 0.25) is 8.32 Å². The first-order valence-electron chi connectivity index (χ1n) is 11.5. The van der Waals surface area contributed by atoms with E-state index < -0.39 is 8.32 Å². The van der Waals surface area contributed by atoms with E-state index in [1.807, 2.05) is 6.08 Å². The van der Waals surface area contributed by atoms with Crippen LogP contribution in [0.15, 0.2) is 36.9 Å². The summed E-state index contributed by atoms with van der Waals surface area (Å²) in [7, 11) is -1.87. The quantitative estimate of drug-likeness (QED) is 0.246. The summed E-state index contributed by atoms with van der Waals surface area (Å²) in [4.78, 5) is 0. The van der Waals surface area contributed by atoms with Gasteiger partial charge >= 0.3 is 0 Å². The maximum absolute atomic E-state index is 6.80. The van der Waals surface area contributed by atoms with E-state index in [0.29, 0.717) is 11.8 Å². The van der Waals surface area contributed by atoms with Crippen molar-refractivity contribution in [1.82, 2.24) is 0 Å². The smallest absolute Gasteiger partial charge is 0.248 e. The van der Waals surface area contributed by atoms with Crippen molar-refractivity contribution in [2.75, 3.05) is 0 Å². The minimum Gasteiger partial charge on any atom is -0.543 e. The highest BCUT2D eigenvalue weighted by atomic mass is 28.4. The van der Waals surface area contributed by atoms with Gasteiger partial charge < -0.3 is 9.16 Å². The number of aryl methyl sites for hydroxylation is 1. The first-order chi connectivity index (χ1) is 13.7. The van der Waals surface area contributed by atoms with E-state index >= 15 is 0 Å². The average molecular weight is 413 g/mol. The Labute approximate surface area is 179 Å².